The second-order valence-corrected chi connectivity index (χ2v) is 4.56. The lowest BCUT2D eigenvalue weighted by Gasteiger charge is -2.20. The number of rotatable bonds is 3. The van der Waals surface area contributed by atoms with Crippen LogP contribution in [0.25, 0.3) is 0 Å². The molecule has 0 heterocycles. The number of halogens is 2. The normalized spacial score (nSPS) is 10.4. The highest BCUT2D eigenvalue weighted by Crippen LogP contribution is 2.23. The Kier molecular flexibility index (Phi) is 3.72. The third-order valence-corrected chi connectivity index (χ3v) is 3.14. The van der Waals surface area contributed by atoms with Crippen LogP contribution in [0, 0.1) is 5.82 Å². The first-order valence-electron chi connectivity index (χ1n) is 5.57. The molecule has 2 aromatic rings. The Morgan fingerprint density at radius 2 is 1.83 bits per heavy atom. The van der Waals surface area contributed by atoms with Gasteiger partial charge in [0, 0.05) is 35.6 Å². The summed E-state index contributed by atoms with van der Waals surface area (Å²) in [6.45, 7) is 0.412. The fourth-order valence-electron chi connectivity index (χ4n) is 1.74. The molecule has 0 saturated heterocycles. The van der Waals surface area contributed by atoms with Crippen molar-refractivity contribution in [1.29, 1.82) is 0 Å². The molecule has 0 aliphatic heterocycles. The number of anilines is 2. The van der Waals surface area contributed by atoms with Gasteiger partial charge in [-0.3, -0.25) is 0 Å². The zero-order valence-corrected chi connectivity index (χ0v) is 10.8. The minimum absolute atomic E-state index is 0.287. The first kappa shape index (κ1) is 12.7. The van der Waals surface area contributed by atoms with Gasteiger partial charge >= 0.3 is 0 Å². The molecular formula is C14H14ClFN2. The van der Waals surface area contributed by atoms with Crippen molar-refractivity contribution in [3.8, 4) is 0 Å². The lowest BCUT2D eigenvalue weighted by Crippen LogP contribution is -2.17. The van der Waals surface area contributed by atoms with Crippen LogP contribution in [0.2, 0.25) is 5.02 Å². The van der Waals surface area contributed by atoms with E-state index in [0.717, 1.165) is 5.69 Å². The summed E-state index contributed by atoms with van der Waals surface area (Å²) in [5.41, 5.74) is 7.79. The van der Waals surface area contributed by atoms with Gasteiger partial charge in [0.1, 0.15) is 5.82 Å². The van der Waals surface area contributed by atoms with Crippen LogP contribution < -0.4 is 10.6 Å². The number of hydrogen-bond donors (Lipinski definition) is 1. The van der Waals surface area contributed by atoms with Crippen LogP contribution in [-0.2, 0) is 6.54 Å². The van der Waals surface area contributed by atoms with Crippen molar-refractivity contribution in [2.24, 2.45) is 0 Å². The Bertz CT molecular complexity index is 520. The number of nitrogen functional groups attached to an aromatic ring is 1. The van der Waals surface area contributed by atoms with E-state index in [1.807, 2.05) is 36.2 Å². The summed E-state index contributed by atoms with van der Waals surface area (Å²) in [4.78, 5) is 1.92. The Balaban J connectivity index is 2.21. The summed E-state index contributed by atoms with van der Waals surface area (Å²) in [6, 6.07) is 12.1. The minimum atomic E-state index is -0.287. The minimum Gasteiger partial charge on any atom is -0.399 e. The van der Waals surface area contributed by atoms with E-state index in [9.17, 15) is 4.39 Å². The monoisotopic (exact) mass is 264 g/mol. The van der Waals surface area contributed by atoms with Gasteiger partial charge in [0.15, 0.2) is 0 Å². The summed E-state index contributed by atoms with van der Waals surface area (Å²) in [5.74, 6) is -0.287. The Labute approximate surface area is 111 Å². The van der Waals surface area contributed by atoms with Gasteiger partial charge in [0.05, 0.1) is 0 Å². The number of nitrogens with two attached hydrogens (primary N) is 1. The van der Waals surface area contributed by atoms with Gasteiger partial charge in [0.25, 0.3) is 0 Å². The zero-order chi connectivity index (χ0) is 13.1. The Hall–Kier alpha value is -1.74. The van der Waals surface area contributed by atoms with Gasteiger partial charge in [-0.15, -0.1) is 0 Å². The predicted molar refractivity (Wildman–Crippen MR) is 74.4 cm³/mol. The highest BCUT2D eigenvalue weighted by atomic mass is 35.5. The van der Waals surface area contributed by atoms with Crippen LogP contribution >= 0.6 is 11.6 Å². The van der Waals surface area contributed by atoms with E-state index in [1.165, 1.54) is 6.07 Å². The molecule has 0 bridgehead atoms. The number of hydrogen-bond acceptors (Lipinski definition) is 2. The standard InChI is InChI=1S/C14H14ClFN2/c1-18(11-7-5-10(17)6-8-11)9-12-13(15)3-2-4-14(12)16/h2-8H,9,17H2,1H3. The largest absolute Gasteiger partial charge is 0.399 e. The van der Waals surface area contributed by atoms with Crippen LogP contribution in [0.15, 0.2) is 42.5 Å². The third kappa shape index (κ3) is 2.74. The molecule has 0 fully saturated rings. The van der Waals surface area contributed by atoms with Gasteiger partial charge in [-0.25, -0.2) is 4.39 Å². The predicted octanol–water partition coefficient (Wildman–Crippen LogP) is 3.70. The van der Waals surface area contributed by atoms with Gasteiger partial charge in [-0.2, -0.15) is 0 Å². The molecule has 2 N–H and O–H groups in total. The molecule has 0 aromatic heterocycles. The summed E-state index contributed by atoms with van der Waals surface area (Å²) in [7, 11) is 1.88. The van der Waals surface area contributed by atoms with E-state index in [1.54, 1.807) is 12.1 Å². The third-order valence-electron chi connectivity index (χ3n) is 2.79. The maximum absolute atomic E-state index is 13.7. The molecule has 0 radical (unpaired) electrons. The average molecular weight is 265 g/mol. The molecule has 94 valence electrons. The summed E-state index contributed by atoms with van der Waals surface area (Å²) in [5, 5.41) is 0.442. The van der Waals surface area contributed by atoms with E-state index < -0.39 is 0 Å². The summed E-state index contributed by atoms with van der Waals surface area (Å²) in [6.07, 6.45) is 0. The van der Waals surface area contributed by atoms with E-state index in [0.29, 0.717) is 22.8 Å². The fourth-order valence-corrected chi connectivity index (χ4v) is 1.96. The van der Waals surface area contributed by atoms with Gasteiger partial charge in [0.2, 0.25) is 0 Å². The van der Waals surface area contributed by atoms with Crippen molar-refractivity contribution in [3.63, 3.8) is 0 Å². The number of nitrogens with zero attached hydrogens (tertiary/aromatic N) is 1. The first-order chi connectivity index (χ1) is 8.58. The highest BCUT2D eigenvalue weighted by Gasteiger charge is 2.10. The van der Waals surface area contributed by atoms with Crippen molar-refractivity contribution >= 4 is 23.0 Å². The van der Waals surface area contributed by atoms with Gasteiger partial charge < -0.3 is 10.6 Å². The lowest BCUT2D eigenvalue weighted by molar-refractivity contribution is 0.608. The average Bonchev–Trinajstić information content (AvgIpc) is 2.34. The van der Waals surface area contributed by atoms with Crippen LogP contribution in [-0.4, -0.2) is 7.05 Å². The van der Waals surface area contributed by atoms with Crippen LogP contribution in [0.3, 0.4) is 0 Å². The van der Waals surface area contributed by atoms with E-state index in [-0.39, 0.29) is 5.82 Å². The SMILES string of the molecule is CN(Cc1c(F)cccc1Cl)c1ccc(N)cc1. The molecule has 2 nitrogen and oxygen atoms in total. The zero-order valence-electron chi connectivity index (χ0n) is 10.0. The van der Waals surface area contributed by atoms with E-state index >= 15 is 0 Å². The van der Waals surface area contributed by atoms with Crippen molar-refractivity contribution < 1.29 is 4.39 Å². The molecule has 0 saturated carbocycles. The molecular weight excluding hydrogens is 251 g/mol. The molecule has 0 amide bonds. The van der Waals surface area contributed by atoms with Gasteiger partial charge in [-0.05, 0) is 36.4 Å². The van der Waals surface area contributed by atoms with Crippen LogP contribution in [0.5, 0.6) is 0 Å². The molecule has 0 unspecified atom stereocenters. The second kappa shape index (κ2) is 5.27. The van der Waals surface area contributed by atoms with Crippen LogP contribution in [0.1, 0.15) is 5.56 Å². The molecule has 0 aliphatic rings. The first-order valence-corrected chi connectivity index (χ1v) is 5.95. The molecule has 0 atom stereocenters. The lowest BCUT2D eigenvalue weighted by atomic mass is 10.2. The maximum atomic E-state index is 13.7. The molecule has 2 aromatic carbocycles. The van der Waals surface area contributed by atoms with E-state index in [4.69, 9.17) is 17.3 Å². The highest BCUT2D eigenvalue weighted by molar-refractivity contribution is 6.31. The van der Waals surface area contributed by atoms with Crippen molar-refractivity contribution in [1.82, 2.24) is 0 Å². The molecule has 4 heteroatoms. The van der Waals surface area contributed by atoms with Crippen molar-refractivity contribution in [2.45, 2.75) is 6.54 Å². The number of benzene rings is 2. The fraction of sp³-hybridized carbons (Fsp3) is 0.143. The Morgan fingerprint density at radius 1 is 1.17 bits per heavy atom. The Morgan fingerprint density at radius 3 is 2.44 bits per heavy atom. The summed E-state index contributed by atoms with van der Waals surface area (Å²) >= 11 is 6.00. The van der Waals surface area contributed by atoms with Crippen molar-refractivity contribution in [2.75, 3.05) is 17.7 Å². The maximum Gasteiger partial charge on any atom is 0.129 e. The van der Waals surface area contributed by atoms with Crippen molar-refractivity contribution in [3.05, 3.63) is 58.9 Å². The summed E-state index contributed by atoms with van der Waals surface area (Å²) < 4.78 is 13.7. The van der Waals surface area contributed by atoms with E-state index in [2.05, 4.69) is 0 Å². The van der Waals surface area contributed by atoms with Gasteiger partial charge in [-0.1, -0.05) is 17.7 Å². The smallest absolute Gasteiger partial charge is 0.129 e. The molecule has 0 aliphatic carbocycles. The molecule has 18 heavy (non-hydrogen) atoms. The second-order valence-electron chi connectivity index (χ2n) is 4.15. The molecule has 2 rings (SSSR count). The topological polar surface area (TPSA) is 29.3 Å². The molecule has 0 spiro atoms. The quantitative estimate of drug-likeness (QED) is 0.857. The van der Waals surface area contributed by atoms with Crippen LogP contribution in [0.4, 0.5) is 15.8 Å².